The Morgan fingerprint density at radius 3 is 2.65 bits per heavy atom. The van der Waals surface area contributed by atoms with Gasteiger partial charge in [0.15, 0.2) is 0 Å². The van der Waals surface area contributed by atoms with Crippen molar-refractivity contribution in [3.05, 3.63) is 49.0 Å². The average Bonchev–Trinajstić information content (AvgIpc) is 2.73. The average molecular weight is 377 g/mol. The van der Waals surface area contributed by atoms with Crippen molar-refractivity contribution in [1.29, 1.82) is 0 Å². The lowest BCUT2D eigenvalue weighted by Crippen LogP contribution is -1.98. The van der Waals surface area contributed by atoms with Gasteiger partial charge in [0.25, 0.3) is 0 Å². The lowest BCUT2D eigenvalue weighted by Gasteiger charge is -2.08. The van der Waals surface area contributed by atoms with E-state index in [-0.39, 0.29) is 0 Å². The van der Waals surface area contributed by atoms with E-state index >= 15 is 0 Å². The Labute approximate surface area is 121 Å². The minimum Gasteiger partial charge on any atom is -0.487 e. The number of rotatable bonds is 4. The summed E-state index contributed by atoms with van der Waals surface area (Å²) in [6, 6.07) is 7.96. The van der Waals surface area contributed by atoms with Gasteiger partial charge in [0.05, 0.1) is 4.47 Å². The maximum absolute atomic E-state index is 5.74. The third-order valence-corrected chi connectivity index (χ3v) is 4.51. The maximum Gasteiger partial charge on any atom is 0.134 e. The molecule has 1 aromatic heterocycles. The van der Waals surface area contributed by atoms with Crippen LogP contribution >= 0.6 is 43.2 Å². The first kappa shape index (κ1) is 13.1. The van der Waals surface area contributed by atoms with Crippen LogP contribution in [0.4, 0.5) is 0 Å². The van der Waals surface area contributed by atoms with Crippen molar-refractivity contribution in [2.24, 2.45) is 5.73 Å². The van der Waals surface area contributed by atoms with E-state index in [4.69, 9.17) is 10.5 Å². The molecule has 90 valence electrons. The van der Waals surface area contributed by atoms with Gasteiger partial charge in [-0.15, -0.1) is 11.3 Å². The van der Waals surface area contributed by atoms with Gasteiger partial charge in [-0.3, -0.25) is 0 Å². The third-order valence-electron chi connectivity index (χ3n) is 2.22. The molecule has 0 radical (unpaired) electrons. The summed E-state index contributed by atoms with van der Waals surface area (Å²) in [6.45, 7) is 1.12. The fourth-order valence-electron chi connectivity index (χ4n) is 1.37. The first-order valence-corrected chi connectivity index (χ1v) is 7.50. The number of benzene rings is 1. The highest BCUT2D eigenvalue weighted by Crippen LogP contribution is 2.28. The molecule has 1 aromatic carbocycles. The Kier molecular flexibility index (Phi) is 4.62. The lowest BCUT2D eigenvalue weighted by atomic mass is 10.2. The summed E-state index contributed by atoms with van der Waals surface area (Å²) in [4.78, 5) is 1.19. The molecule has 2 aromatic rings. The van der Waals surface area contributed by atoms with Crippen molar-refractivity contribution in [1.82, 2.24) is 0 Å². The molecule has 0 aliphatic heterocycles. The molecular weight excluding hydrogens is 366 g/mol. The van der Waals surface area contributed by atoms with Crippen molar-refractivity contribution in [3.63, 3.8) is 0 Å². The van der Waals surface area contributed by atoms with Crippen LogP contribution in [0.3, 0.4) is 0 Å². The Hall–Kier alpha value is -0.360. The molecule has 0 spiro atoms. The normalized spacial score (nSPS) is 10.5. The minimum atomic E-state index is 0.538. The van der Waals surface area contributed by atoms with Crippen LogP contribution in [0.15, 0.2) is 38.6 Å². The van der Waals surface area contributed by atoms with Crippen molar-refractivity contribution < 1.29 is 4.74 Å². The first-order valence-electron chi connectivity index (χ1n) is 5.03. The highest BCUT2D eigenvalue weighted by molar-refractivity contribution is 9.10. The summed E-state index contributed by atoms with van der Waals surface area (Å²) < 4.78 is 7.77. The number of hydrogen-bond donors (Lipinski definition) is 1. The molecule has 0 aliphatic rings. The zero-order chi connectivity index (χ0) is 12.3. The molecular formula is C12H11Br2NOS. The Bertz CT molecular complexity index is 513. The topological polar surface area (TPSA) is 35.2 Å². The number of halogens is 2. The molecule has 0 aliphatic carbocycles. The van der Waals surface area contributed by atoms with Crippen LogP contribution in [-0.2, 0) is 13.2 Å². The predicted molar refractivity (Wildman–Crippen MR) is 78.4 cm³/mol. The number of ether oxygens (including phenoxy) is 1. The molecule has 2 rings (SSSR count). The van der Waals surface area contributed by atoms with Crippen LogP contribution < -0.4 is 10.5 Å². The van der Waals surface area contributed by atoms with Gasteiger partial charge in [-0.2, -0.15) is 0 Å². The van der Waals surface area contributed by atoms with E-state index in [0.717, 1.165) is 20.3 Å². The van der Waals surface area contributed by atoms with Gasteiger partial charge in [-0.1, -0.05) is 6.07 Å². The summed E-state index contributed by atoms with van der Waals surface area (Å²) in [5, 5.41) is 2.05. The van der Waals surface area contributed by atoms with E-state index in [9.17, 15) is 0 Å². The van der Waals surface area contributed by atoms with E-state index < -0.39 is 0 Å². The van der Waals surface area contributed by atoms with E-state index in [1.54, 1.807) is 11.3 Å². The van der Waals surface area contributed by atoms with Crippen LogP contribution in [0, 0.1) is 0 Å². The molecule has 0 atom stereocenters. The van der Waals surface area contributed by atoms with Gasteiger partial charge in [0.1, 0.15) is 12.4 Å². The smallest absolute Gasteiger partial charge is 0.134 e. The summed E-state index contributed by atoms with van der Waals surface area (Å²) >= 11 is 8.58. The molecule has 0 fully saturated rings. The Balaban J connectivity index is 2.04. The van der Waals surface area contributed by atoms with Gasteiger partial charge in [0.2, 0.25) is 0 Å². The maximum atomic E-state index is 5.74. The molecule has 2 N–H and O–H groups in total. The Morgan fingerprint density at radius 2 is 2.06 bits per heavy atom. The van der Waals surface area contributed by atoms with Gasteiger partial charge < -0.3 is 10.5 Å². The monoisotopic (exact) mass is 375 g/mol. The standard InChI is InChI=1S/C12H11Br2NOS/c13-9-4-10(17-7-9)6-16-12-2-1-8(5-15)3-11(12)14/h1-4,7H,5-6,15H2. The number of nitrogens with two attached hydrogens (primary N) is 1. The second-order valence-corrected chi connectivity index (χ2v) is 6.25. The van der Waals surface area contributed by atoms with E-state index in [1.807, 2.05) is 23.6 Å². The molecule has 17 heavy (non-hydrogen) atoms. The molecule has 0 saturated heterocycles. The van der Waals surface area contributed by atoms with Crippen LogP contribution in [0.1, 0.15) is 10.4 Å². The highest BCUT2D eigenvalue weighted by atomic mass is 79.9. The second kappa shape index (κ2) is 6.00. The van der Waals surface area contributed by atoms with Gasteiger partial charge in [0, 0.05) is 21.3 Å². The highest BCUT2D eigenvalue weighted by Gasteiger charge is 2.04. The summed E-state index contributed by atoms with van der Waals surface area (Å²) in [7, 11) is 0. The van der Waals surface area contributed by atoms with Crippen molar-refractivity contribution >= 4 is 43.2 Å². The fraction of sp³-hybridized carbons (Fsp3) is 0.167. The van der Waals surface area contributed by atoms with Gasteiger partial charge >= 0.3 is 0 Å². The molecule has 2 nitrogen and oxygen atoms in total. The fourth-order valence-corrected chi connectivity index (χ4v) is 3.27. The molecule has 0 saturated carbocycles. The molecule has 0 amide bonds. The van der Waals surface area contributed by atoms with Gasteiger partial charge in [-0.05, 0) is 55.6 Å². The summed E-state index contributed by atoms with van der Waals surface area (Å²) in [5.74, 6) is 0.840. The van der Waals surface area contributed by atoms with E-state index in [1.165, 1.54) is 4.88 Å². The minimum absolute atomic E-state index is 0.538. The van der Waals surface area contributed by atoms with Crippen LogP contribution in [0.25, 0.3) is 0 Å². The van der Waals surface area contributed by atoms with Crippen LogP contribution in [-0.4, -0.2) is 0 Å². The predicted octanol–water partition coefficient (Wildman–Crippen LogP) is 4.31. The van der Waals surface area contributed by atoms with E-state index in [0.29, 0.717) is 13.2 Å². The van der Waals surface area contributed by atoms with E-state index in [2.05, 4.69) is 37.9 Å². The SMILES string of the molecule is NCc1ccc(OCc2cc(Br)cs2)c(Br)c1. The largest absolute Gasteiger partial charge is 0.487 e. The molecule has 0 unspecified atom stereocenters. The molecule has 5 heteroatoms. The first-order chi connectivity index (χ1) is 8.19. The third kappa shape index (κ3) is 3.55. The molecule has 1 heterocycles. The quantitative estimate of drug-likeness (QED) is 0.862. The number of thiophene rings is 1. The Morgan fingerprint density at radius 1 is 1.24 bits per heavy atom. The summed E-state index contributed by atoms with van der Waals surface area (Å²) in [5.41, 5.74) is 6.66. The number of hydrogen-bond acceptors (Lipinski definition) is 3. The van der Waals surface area contributed by atoms with Crippen molar-refractivity contribution in [3.8, 4) is 5.75 Å². The molecule has 0 bridgehead atoms. The van der Waals surface area contributed by atoms with Crippen LogP contribution in [0.2, 0.25) is 0 Å². The second-order valence-electron chi connectivity index (χ2n) is 3.49. The zero-order valence-electron chi connectivity index (χ0n) is 8.95. The van der Waals surface area contributed by atoms with Crippen molar-refractivity contribution in [2.75, 3.05) is 0 Å². The summed E-state index contributed by atoms with van der Waals surface area (Å²) in [6.07, 6.45) is 0. The zero-order valence-corrected chi connectivity index (χ0v) is 12.9. The lowest BCUT2D eigenvalue weighted by molar-refractivity contribution is 0.307. The van der Waals surface area contributed by atoms with Gasteiger partial charge in [-0.25, -0.2) is 0 Å². The van der Waals surface area contributed by atoms with Crippen molar-refractivity contribution in [2.45, 2.75) is 13.2 Å². The van der Waals surface area contributed by atoms with Crippen LogP contribution in [0.5, 0.6) is 5.75 Å².